The third kappa shape index (κ3) is 3.21. The first-order valence-corrected chi connectivity index (χ1v) is 9.70. The van der Waals surface area contributed by atoms with Gasteiger partial charge in [0.25, 0.3) is 11.5 Å². The fourth-order valence-electron chi connectivity index (χ4n) is 4.72. The number of amides is 1. The molecule has 0 radical (unpaired) electrons. The molecule has 27 heavy (non-hydrogen) atoms. The molecular weight excluding hydrogens is 364 g/mol. The second kappa shape index (κ2) is 6.84. The molecular formula is C20H25ClN4O2. The lowest BCUT2D eigenvalue weighted by molar-refractivity contribution is 0.0490. The van der Waals surface area contributed by atoms with Crippen LogP contribution in [-0.4, -0.2) is 58.6 Å². The predicted molar refractivity (Wildman–Crippen MR) is 105 cm³/mol. The number of fused-ring (bicyclic) bond motifs is 4. The number of carbonyl (C=O) groups is 1. The first-order valence-electron chi connectivity index (χ1n) is 9.32. The number of halogens is 1. The minimum Gasteiger partial charge on any atom is -0.345 e. The number of likely N-dealkylation sites (tertiary alicyclic amines) is 1. The molecule has 6 nitrogen and oxygen atoms in total. The van der Waals surface area contributed by atoms with E-state index in [-0.39, 0.29) is 29.3 Å². The highest BCUT2D eigenvalue weighted by Gasteiger charge is 2.42. The van der Waals surface area contributed by atoms with Crippen molar-refractivity contribution in [2.45, 2.75) is 18.4 Å². The van der Waals surface area contributed by atoms with Crippen molar-refractivity contribution in [3.8, 4) is 0 Å². The molecule has 1 saturated heterocycles. The lowest BCUT2D eigenvalue weighted by Crippen LogP contribution is -2.53. The molecule has 2 bridgehead atoms. The Morgan fingerprint density at radius 1 is 1.30 bits per heavy atom. The smallest absolute Gasteiger partial charge is 0.270 e. The van der Waals surface area contributed by atoms with Gasteiger partial charge in [0.1, 0.15) is 5.69 Å². The highest BCUT2D eigenvalue weighted by atomic mass is 35.5. The summed E-state index contributed by atoms with van der Waals surface area (Å²) in [5.41, 5.74) is 1.71. The van der Waals surface area contributed by atoms with Gasteiger partial charge in [0.05, 0.1) is 11.1 Å². The van der Waals surface area contributed by atoms with E-state index in [9.17, 15) is 9.59 Å². The summed E-state index contributed by atoms with van der Waals surface area (Å²) < 4.78 is 3.75. The Balaban J connectivity index is 1.71. The number of piperidine rings is 1. The summed E-state index contributed by atoms with van der Waals surface area (Å²) in [4.78, 5) is 29.8. The number of hydrogen-bond acceptors (Lipinski definition) is 3. The van der Waals surface area contributed by atoms with Crippen LogP contribution in [0.5, 0.6) is 0 Å². The molecule has 2 aromatic heterocycles. The van der Waals surface area contributed by atoms with Crippen LogP contribution in [0.4, 0.5) is 0 Å². The standard InChI is InChI=1S/C20H25ClN4O2/c1-22(2)12-18-14-7-13(16-5-4-6-19(26)25(16)18)9-24(10-14)20(27)17-8-15(21)11-23(17)3/h4-6,8,11,13-14,18H,7,9-10,12H2,1-3H3/t13-,14+,18+/m1/s1. The molecule has 2 aromatic rings. The lowest BCUT2D eigenvalue weighted by atomic mass is 9.78. The monoisotopic (exact) mass is 388 g/mol. The SMILES string of the molecule is CN(C)C[C@H]1[C@H]2C[C@H](CN(C(=O)c3cc(Cl)cn3C)C2)c2cccc(=O)n21. The molecule has 144 valence electrons. The van der Waals surface area contributed by atoms with Crippen molar-refractivity contribution < 1.29 is 4.79 Å². The van der Waals surface area contributed by atoms with E-state index in [1.54, 1.807) is 22.9 Å². The second-order valence-electron chi connectivity index (χ2n) is 8.05. The molecule has 2 aliphatic rings. The van der Waals surface area contributed by atoms with Crippen molar-refractivity contribution in [2.75, 3.05) is 33.7 Å². The predicted octanol–water partition coefficient (Wildman–Crippen LogP) is 2.20. The molecule has 0 aromatic carbocycles. The van der Waals surface area contributed by atoms with Gasteiger partial charge in [-0.25, -0.2) is 0 Å². The van der Waals surface area contributed by atoms with Crippen LogP contribution in [-0.2, 0) is 7.05 Å². The number of aromatic nitrogens is 2. The first-order chi connectivity index (χ1) is 12.8. The largest absolute Gasteiger partial charge is 0.345 e. The molecule has 0 unspecified atom stereocenters. The van der Waals surface area contributed by atoms with Gasteiger partial charge in [-0.15, -0.1) is 0 Å². The van der Waals surface area contributed by atoms with Crippen molar-refractivity contribution in [2.24, 2.45) is 13.0 Å². The fourth-order valence-corrected chi connectivity index (χ4v) is 4.97. The topological polar surface area (TPSA) is 50.5 Å². The molecule has 0 N–H and O–H groups in total. The maximum absolute atomic E-state index is 13.1. The number of likely N-dealkylation sites (N-methyl/N-ethyl adjacent to an activating group) is 1. The van der Waals surface area contributed by atoms with Gasteiger partial charge in [-0.05, 0) is 38.6 Å². The molecule has 4 rings (SSSR count). The van der Waals surface area contributed by atoms with Crippen LogP contribution in [0.1, 0.15) is 34.6 Å². The van der Waals surface area contributed by atoms with E-state index in [2.05, 4.69) is 4.90 Å². The summed E-state index contributed by atoms with van der Waals surface area (Å²) in [7, 11) is 5.89. The van der Waals surface area contributed by atoms with Crippen LogP contribution in [0.25, 0.3) is 0 Å². The van der Waals surface area contributed by atoms with E-state index in [0.29, 0.717) is 23.8 Å². The Morgan fingerprint density at radius 3 is 2.74 bits per heavy atom. The van der Waals surface area contributed by atoms with Gasteiger partial charge < -0.3 is 18.9 Å². The maximum Gasteiger partial charge on any atom is 0.270 e. The summed E-state index contributed by atoms with van der Waals surface area (Å²) in [6.45, 7) is 2.08. The van der Waals surface area contributed by atoms with E-state index < -0.39 is 0 Å². The summed E-state index contributed by atoms with van der Waals surface area (Å²) >= 11 is 6.07. The minimum absolute atomic E-state index is 0.00873. The van der Waals surface area contributed by atoms with E-state index >= 15 is 0 Å². The number of carbonyl (C=O) groups excluding carboxylic acids is 1. The average Bonchev–Trinajstić information content (AvgIpc) is 2.96. The van der Waals surface area contributed by atoms with Gasteiger partial charge in [-0.1, -0.05) is 17.7 Å². The number of aryl methyl sites for hydroxylation is 1. The Labute approximate surface area is 163 Å². The zero-order chi connectivity index (χ0) is 19.3. The number of rotatable bonds is 3. The molecule has 1 amide bonds. The molecule has 0 spiro atoms. The van der Waals surface area contributed by atoms with Crippen LogP contribution < -0.4 is 5.56 Å². The summed E-state index contributed by atoms with van der Waals surface area (Å²) in [6.07, 6.45) is 2.77. The van der Waals surface area contributed by atoms with E-state index in [0.717, 1.165) is 18.7 Å². The van der Waals surface area contributed by atoms with Gasteiger partial charge in [0.2, 0.25) is 0 Å². The van der Waals surface area contributed by atoms with Gasteiger partial charge >= 0.3 is 0 Å². The van der Waals surface area contributed by atoms with Crippen molar-refractivity contribution in [3.63, 3.8) is 0 Å². The summed E-state index contributed by atoms with van der Waals surface area (Å²) in [6, 6.07) is 7.32. The molecule has 0 saturated carbocycles. The number of pyridine rings is 1. The molecule has 4 heterocycles. The number of nitrogens with zero attached hydrogens (tertiary/aromatic N) is 4. The Morgan fingerprint density at radius 2 is 2.07 bits per heavy atom. The Kier molecular flexibility index (Phi) is 4.64. The van der Waals surface area contributed by atoms with Crippen LogP contribution in [0, 0.1) is 5.92 Å². The fraction of sp³-hybridized carbons (Fsp3) is 0.500. The van der Waals surface area contributed by atoms with Gasteiger partial charge in [0, 0.05) is 50.6 Å². The summed E-state index contributed by atoms with van der Waals surface area (Å²) in [5, 5.41) is 0.570. The average molecular weight is 389 g/mol. The Hall–Kier alpha value is -2.05. The lowest BCUT2D eigenvalue weighted by Gasteiger charge is -2.47. The van der Waals surface area contributed by atoms with E-state index in [1.165, 1.54) is 0 Å². The Bertz CT molecular complexity index is 932. The zero-order valence-corrected chi connectivity index (χ0v) is 16.7. The molecule has 3 atom stereocenters. The zero-order valence-electron chi connectivity index (χ0n) is 15.9. The highest BCUT2D eigenvalue weighted by molar-refractivity contribution is 6.31. The molecule has 2 aliphatic heterocycles. The van der Waals surface area contributed by atoms with E-state index in [4.69, 9.17) is 11.6 Å². The van der Waals surface area contributed by atoms with Crippen molar-refractivity contribution in [3.05, 3.63) is 57.2 Å². The van der Waals surface area contributed by atoms with Crippen molar-refractivity contribution in [1.82, 2.24) is 18.9 Å². The molecule has 7 heteroatoms. The normalized spacial score (nSPS) is 24.2. The minimum atomic E-state index is 0.00873. The van der Waals surface area contributed by atoms with Crippen LogP contribution in [0.2, 0.25) is 5.02 Å². The van der Waals surface area contributed by atoms with Crippen molar-refractivity contribution in [1.29, 1.82) is 0 Å². The highest BCUT2D eigenvalue weighted by Crippen LogP contribution is 2.41. The third-order valence-corrected chi connectivity index (χ3v) is 6.04. The van der Waals surface area contributed by atoms with Crippen LogP contribution >= 0.6 is 11.6 Å². The quantitative estimate of drug-likeness (QED) is 0.810. The first kappa shape index (κ1) is 18.3. The second-order valence-corrected chi connectivity index (χ2v) is 8.48. The van der Waals surface area contributed by atoms with Crippen LogP contribution in [0.15, 0.2) is 35.3 Å². The van der Waals surface area contributed by atoms with E-state index in [1.807, 2.05) is 42.7 Å². The number of hydrogen-bond donors (Lipinski definition) is 0. The molecule has 0 aliphatic carbocycles. The van der Waals surface area contributed by atoms with Gasteiger partial charge in [-0.2, -0.15) is 0 Å². The maximum atomic E-state index is 13.1. The third-order valence-electron chi connectivity index (χ3n) is 5.83. The van der Waals surface area contributed by atoms with Crippen molar-refractivity contribution >= 4 is 17.5 Å². The van der Waals surface area contributed by atoms with Crippen LogP contribution in [0.3, 0.4) is 0 Å². The van der Waals surface area contributed by atoms with Gasteiger partial charge in [0.15, 0.2) is 0 Å². The van der Waals surface area contributed by atoms with Gasteiger partial charge in [-0.3, -0.25) is 9.59 Å². The summed E-state index contributed by atoms with van der Waals surface area (Å²) in [5.74, 6) is 0.462. The molecule has 1 fully saturated rings.